The summed E-state index contributed by atoms with van der Waals surface area (Å²) in [4.78, 5) is 34.0. The van der Waals surface area contributed by atoms with E-state index in [2.05, 4.69) is 55.6 Å². The van der Waals surface area contributed by atoms with Crippen LogP contribution < -0.4 is 5.32 Å². The molecule has 0 fully saturated rings. The van der Waals surface area contributed by atoms with Crippen LogP contribution in [-0.2, 0) is 27.9 Å². The van der Waals surface area contributed by atoms with Crippen molar-refractivity contribution in [3.63, 3.8) is 0 Å². The summed E-state index contributed by atoms with van der Waals surface area (Å²) in [5.41, 5.74) is 0. The second-order valence-corrected chi connectivity index (χ2v) is 18.6. The molecule has 0 spiro atoms. The number of aliphatic hydroxyl groups excluding tert-OH is 1. The fraction of sp³-hybridized carbons (Fsp3) is 0.843. The Bertz CT molecular complexity index is 1100. The summed E-state index contributed by atoms with van der Waals surface area (Å²) < 4.78 is 27.0. The highest BCUT2D eigenvalue weighted by Crippen LogP contribution is 2.42. The summed E-state index contributed by atoms with van der Waals surface area (Å²) in [7, 11) is -4.42. The maximum Gasteiger partial charge on any atom is 0.472 e. The number of ether oxygens (including phenoxy) is 1. The number of unbranched alkanes of at least 4 members (excludes halogenated alkanes) is 29. The lowest BCUT2D eigenvalue weighted by molar-refractivity contribution is -0.147. The van der Waals surface area contributed by atoms with Crippen molar-refractivity contribution >= 4 is 19.7 Å². The first-order valence-electron chi connectivity index (χ1n) is 25.5. The van der Waals surface area contributed by atoms with E-state index in [0.717, 1.165) is 51.4 Å². The zero-order valence-electron chi connectivity index (χ0n) is 39.6. The average molecular weight is 882 g/mol. The highest BCUT2D eigenvalue weighted by molar-refractivity contribution is 7.47. The largest absolute Gasteiger partial charge is 0.472 e. The van der Waals surface area contributed by atoms with Crippen LogP contribution in [0.1, 0.15) is 245 Å². The van der Waals surface area contributed by atoms with Crippen LogP contribution in [0.3, 0.4) is 0 Å². The Morgan fingerprint density at radius 1 is 0.508 bits per heavy atom. The molecule has 0 saturated heterocycles. The molecular formula is C51H96NO8P. The monoisotopic (exact) mass is 882 g/mol. The number of phosphoric ester groups is 1. The minimum atomic E-state index is -4.42. The molecule has 1 amide bonds. The van der Waals surface area contributed by atoms with Gasteiger partial charge in [0.25, 0.3) is 0 Å². The molecule has 9 nitrogen and oxygen atoms in total. The molecule has 0 rings (SSSR count). The molecule has 61 heavy (non-hydrogen) atoms. The number of phosphoric acid groups is 1. The van der Waals surface area contributed by atoms with E-state index in [4.69, 9.17) is 13.8 Å². The van der Waals surface area contributed by atoms with Crippen molar-refractivity contribution in [1.82, 2.24) is 5.32 Å². The minimum absolute atomic E-state index is 0.0781. The molecular weight excluding hydrogens is 786 g/mol. The predicted molar refractivity (Wildman–Crippen MR) is 257 cm³/mol. The molecule has 0 aromatic heterocycles. The normalized spacial score (nSPS) is 13.4. The highest BCUT2D eigenvalue weighted by atomic mass is 31.2. The molecule has 0 aromatic rings. The van der Waals surface area contributed by atoms with Gasteiger partial charge in [-0.1, -0.05) is 198 Å². The number of hydrogen-bond acceptors (Lipinski definition) is 7. The molecule has 2 unspecified atom stereocenters. The lowest BCUT2D eigenvalue weighted by Gasteiger charge is -2.15. The topological polar surface area (TPSA) is 131 Å². The Morgan fingerprint density at radius 3 is 1.36 bits per heavy atom. The Balaban J connectivity index is 3.54. The summed E-state index contributed by atoms with van der Waals surface area (Å²) in [6, 6.07) is 0. The van der Waals surface area contributed by atoms with Crippen molar-refractivity contribution in [1.29, 1.82) is 0 Å². The Labute approximate surface area is 375 Å². The first-order chi connectivity index (χ1) is 29.8. The molecule has 0 aliphatic carbocycles. The number of amides is 1. The van der Waals surface area contributed by atoms with Crippen LogP contribution in [0.15, 0.2) is 36.5 Å². The number of allylic oxidation sites excluding steroid dienone is 6. The quantitative estimate of drug-likeness (QED) is 0.0238. The standard InChI is InChI=1S/C51H96NO8P/c1-3-5-7-9-11-13-15-17-19-21-22-23-24-25-26-28-30-32-34-36-38-40-42-44-51(55)58-47-49(53)48-60-61(56,57)59-46-45-52-50(54)43-41-39-37-35-33-31-29-27-20-18-16-14-12-10-8-6-4-2/h12,14,17-20,49,53H,3-11,13,15-16,21-48H2,1-2H3,(H,52,54)(H,56,57)/b14-12-,19-17+,20-18-. The van der Waals surface area contributed by atoms with Crippen LogP contribution >= 0.6 is 7.82 Å². The molecule has 0 bridgehead atoms. The first-order valence-corrected chi connectivity index (χ1v) is 27.0. The fourth-order valence-corrected chi connectivity index (χ4v) is 7.93. The van der Waals surface area contributed by atoms with Gasteiger partial charge in [-0.3, -0.25) is 18.6 Å². The first kappa shape index (κ1) is 59.2. The van der Waals surface area contributed by atoms with Gasteiger partial charge in [-0.2, -0.15) is 0 Å². The number of nitrogens with one attached hydrogen (secondary N) is 1. The van der Waals surface area contributed by atoms with Gasteiger partial charge in [-0.25, -0.2) is 4.57 Å². The van der Waals surface area contributed by atoms with Crippen molar-refractivity contribution in [3.05, 3.63) is 36.5 Å². The zero-order valence-corrected chi connectivity index (χ0v) is 40.5. The maximum absolute atomic E-state index is 12.1. The molecule has 2 atom stereocenters. The van der Waals surface area contributed by atoms with E-state index in [-0.39, 0.29) is 32.1 Å². The fourth-order valence-electron chi connectivity index (χ4n) is 7.17. The molecule has 358 valence electrons. The zero-order chi connectivity index (χ0) is 44.6. The van der Waals surface area contributed by atoms with Gasteiger partial charge in [0.1, 0.15) is 12.7 Å². The number of carbonyl (C=O) groups is 2. The second kappa shape index (κ2) is 47.7. The van der Waals surface area contributed by atoms with Gasteiger partial charge in [-0.15, -0.1) is 0 Å². The van der Waals surface area contributed by atoms with Crippen LogP contribution in [0.5, 0.6) is 0 Å². The van der Waals surface area contributed by atoms with Crippen molar-refractivity contribution in [2.45, 2.75) is 251 Å². The molecule has 3 N–H and O–H groups in total. The van der Waals surface area contributed by atoms with Crippen LogP contribution in [0.2, 0.25) is 0 Å². The van der Waals surface area contributed by atoms with Crippen LogP contribution in [-0.4, -0.2) is 54.3 Å². The number of aliphatic hydroxyl groups is 1. The van der Waals surface area contributed by atoms with Crippen LogP contribution in [0.25, 0.3) is 0 Å². The minimum Gasteiger partial charge on any atom is -0.463 e. The number of hydrogen-bond donors (Lipinski definition) is 3. The number of rotatable bonds is 48. The van der Waals surface area contributed by atoms with E-state index < -0.39 is 26.5 Å². The van der Waals surface area contributed by atoms with E-state index in [1.54, 1.807) is 0 Å². The van der Waals surface area contributed by atoms with E-state index in [0.29, 0.717) is 6.42 Å². The van der Waals surface area contributed by atoms with Gasteiger partial charge in [0.05, 0.1) is 13.2 Å². The lowest BCUT2D eigenvalue weighted by Crippen LogP contribution is -2.27. The molecule has 0 saturated carbocycles. The highest BCUT2D eigenvalue weighted by Gasteiger charge is 2.23. The van der Waals surface area contributed by atoms with Gasteiger partial charge in [0.2, 0.25) is 5.91 Å². The summed E-state index contributed by atoms with van der Waals surface area (Å²) in [5.74, 6) is -0.518. The Morgan fingerprint density at radius 2 is 0.885 bits per heavy atom. The maximum atomic E-state index is 12.1. The van der Waals surface area contributed by atoms with Gasteiger partial charge in [0, 0.05) is 19.4 Å². The summed E-state index contributed by atoms with van der Waals surface area (Å²) in [6.45, 7) is 3.55. The third kappa shape index (κ3) is 49.1. The summed E-state index contributed by atoms with van der Waals surface area (Å²) in [6.07, 6.45) is 55.1. The Hall–Kier alpha value is -1.77. The van der Waals surface area contributed by atoms with E-state index in [9.17, 15) is 24.2 Å². The van der Waals surface area contributed by atoms with E-state index in [1.807, 2.05) is 0 Å². The SMILES string of the molecule is CCCCC/C=C\C/C=C\CCCCCCCCCC(=O)NCCOP(=O)(O)OCC(O)COC(=O)CCCCCCCCCCCCCCC/C=C/CCCCCCCC. The van der Waals surface area contributed by atoms with E-state index >= 15 is 0 Å². The average Bonchev–Trinajstić information content (AvgIpc) is 3.25. The molecule has 0 radical (unpaired) electrons. The van der Waals surface area contributed by atoms with Gasteiger partial charge >= 0.3 is 13.8 Å². The van der Waals surface area contributed by atoms with Crippen LogP contribution in [0, 0.1) is 0 Å². The number of carbonyl (C=O) groups excluding carboxylic acids is 2. The number of esters is 1. The van der Waals surface area contributed by atoms with Gasteiger partial charge in [-0.05, 0) is 70.6 Å². The van der Waals surface area contributed by atoms with Crippen molar-refractivity contribution in [2.75, 3.05) is 26.4 Å². The predicted octanol–water partition coefficient (Wildman–Crippen LogP) is 14.9. The second-order valence-electron chi connectivity index (χ2n) is 17.1. The van der Waals surface area contributed by atoms with Crippen LogP contribution in [0.4, 0.5) is 0 Å². The van der Waals surface area contributed by atoms with Crippen molar-refractivity contribution < 1.29 is 37.9 Å². The van der Waals surface area contributed by atoms with Crippen molar-refractivity contribution in [3.8, 4) is 0 Å². The molecule has 0 aromatic carbocycles. The Kier molecular flexibility index (Phi) is 46.3. The molecule has 0 aliphatic rings. The smallest absolute Gasteiger partial charge is 0.463 e. The van der Waals surface area contributed by atoms with Crippen molar-refractivity contribution in [2.24, 2.45) is 0 Å². The lowest BCUT2D eigenvalue weighted by atomic mass is 10.0. The third-order valence-electron chi connectivity index (χ3n) is 11.0. The van der Waals surface area contributed by atoms with E-state index in [1.165, 1.54) is 167 Å². The third-order valence-corrected chi connectivity index (χ3v) is 12.0. The molecule has 0 aliphatic heterocycles. The molecule has 10 heteroatoms. The molecule has 0 heterocycles. The summed E-state index contributed by atoms with van der Waals surface area (Å²) >= 11 is 0. The van der Waals surface area contributed by atoms with Gasteiger partial charge < -0.3 is 20.1 Å². The van der Waals surface area contributed by atoms with Gasteiger partial charge in [0.15, 0.2) is 0 Å². The summed E-state index contributed by atoms with van der Waals surface area (Å²) in [5, 5.41) is 12.7.